The summed E-state index contributed by atoms with van der Waals surface area (Å²) in [5, 5.41) is 14.5. The summed E-state index contributed by atoms with van der Waals surface area (Å²) in [6, 6.07) is 5.83. The molecule has 1 aliphatic rings. The SMILES string of the molecule is CCCNC1CC(c2cc([N+](=O)[O-])ccc2C)C1CC. The van der Waals surface area contributed by atoms with Gasteiger partial charge < -0.3 is 5.32 Å². The first kappa shape index (κ1) is 15.0. The van der Waals surface area contributed by atoms with Gasteiger partial charge in [0, 0.05) is 18.2 Å². The molecule has 3 unspecified atom stereocenters. The zero-order valence-corrected chi connectivity index (χ0v) is 12.6. The number of hydrogen-bond acceptors (Lipinski definition) is 3. The number of nitro benzene ring substituents is 1. The smallest absolute Gasteiger partial charge is 0.269 e. The minimum atomic E-state index is -0.296. The first-order valence-electron chi connectivity index (χ1n) is 7.56. The van der Waals surface area contributed by atoms with E-state index in [9.17, 15) is 10.1 Å². The summed E-state index contributed by atoms with van der Waals surface area (Å²) in [6.07, 6.45) is 3.36. The lowest BCUT2D eigenvalue weighted by atomic mass is 9.64. The zero-order chi connectivity index (χ0) is 14.7. The van der Waals surface area contributed by atoms with E-state index in [1.54, 1.807) is 12.1 Å². The molecule has 3 atom stereocenters. The molecule has 20 heavy (non-hydrogen) atoms. The average molecular weight is 276 g/mol. The van der Waals surface area contributed by atoms with Crippen LogP contribution in [0.5, 0.6) is 0 Å². The van der Waals surface area contributed by atoms with Crippen LogP contribution in [0.25, 0.3) is 0 Å². The molecule has 1 aromatic rings. The molecular formula is C16H24N2O2. The van der Waals surface area contributed by atoms with Crippen molar-refractivity contribution < 1.29 is 4.92 Å². The van der Waals surface area contributed by atoms with Crippen LogP contribution < -0.4 is 5.32 Å². The van der Waals surface area contributed by atoms with Gasteiger partial charge in [-0.1, -0.05) is 26.3 Å². The quantitative estimate of drug-likeness (QED) is 0.635. The molecule has 4 nitrogen and oxygen atoms in total. The van der Waals surface area contributed by atoms with Gasteiger partial charge in [-0.25, -0.2) is 0 Å². The number of hydrogen-bond donors (Lipinski definition) is 1. The van der Waals surface area contributed by atoms with Crippen LogP contribution in [0.2, 0.25) is 0 Å². The fourth-order valence-electron chi connectivity index (χ4n) is 3.34. The summed E-state index contributed by atoms with van der Waals surface area (Å²) in [5.41, 5.74) is 2.55. The van der Waals surface area contributed by atoms with E-state index in [1.807, 2.05) is 6.07 Å². The van der Waals surface area contributed by atoms with Gasteiger partial charge in [0.15, 0.2) is 0 Å². The molecule has 4 heteroatoms. The molecule has 0 radical (unpaired) electrons. The normalized spacial score (nSPS) is 25.2. The molecule has 1 N–H and O–H groups in total. The number of aryl methyl sites for hydroxylation is 1. The Balaban J connectivity index is 2.16. The predicted molar refractivity (Wildman–Crippen MR) is 81.1 cm³/mol. The van der Waals surface area contributed by atoms with Crippen LogP contribution in [-0.4, -0.2) is 17.5 Å². The van der Waals surface area contributed by atoms with Crippen LogP contribution in [0.4, 0.5) is 5.69 Å². The van der Waals surface area contributed by atoms with Crippen molar-refractivity contribution in [2.45, 2.75) is 52.0 Å². The van der Waals surface area contributed by atoms with Crippen LogP contribution in [0.1, 0.15) is 50.2 Å². The third-order valence-corrected chi connectivity index (χ3v) is 4.54. The second kappa shape index (κ2) is 6.35. The molecule has 1 saturated carbocycles. The fraction of sp³-hybridized carbons (Fsp3) is 0.625. The van der Waals surface area contributed by atoms with Crippen LogP contribution in [0.15, 0.2) is 18.2 Å². The Morgan fingerprint density at radius 3 is 2.75 bits per heavy atom. The third-order valence-electron chi connectivity index (χ3n) is 4.54. The molecule has 110 valence electrons. The molecule has 1 fully saturated rings. The Labute approximate surface area is 120 Å². The number of benzene rings is 1. The highest BCUT2D eigenvalue weighted by molar-refractivity contribution is 5.42. The first-order valence-corrected chi connectivity index (χ1v) is 7.56. The maximum absolute atomic E-state index is 10.9. The van der Waals surface area contributed by atoms with Crippen LogP contribution >= 0.6 is 0 Å². The predicted octanol–water partition coefficient (Wildman–Crippen LogP) is 3.78. The number of rotatable bonds is 6. The minimum absolute atomic E-state index is 0.213. The third kappa shape index (κ3) is 2.85. The van der Waals surface area contributed by atoms with Gasteiger partial charge in [-0.2, -0.15) is 0 Å². The Kier molecular flexibility index (Phi) is 4.76. The van der Waals surface area contributed by atoms with Gasteiger partial charge in [-0.3, -0.25) is 10.1 Å². The van der Waals surface area contributed by atoms with E-state index in [-0.39, 0.29) is 10.6 Å². The zero-order valence-electron chi connectivity index (χ0n) is 12.6. The van der Waals surface area contributed by atoms with Crippen molar-refractivity contribution in [1.82, 2.24) is 5.32 Å². The number of nitro groups is 1. The van der Waals surface area contributed by atoms with Gasteiger partial charge >= 0.3 is 0 Å². The topological polar surface area (TPSA) is 55.2 Å². The summed E-state index contributed by atoms with van der Waals surface area (Å²) in [7, 11) is 0. The second-order valence-electron chi connectivity index (χ2n) is 5.77. The maximum Gasteiger partial charge on any atom is 0.269 e. The number of nitrogens with zero attached hydrogens (tertiary/aromatic N) is 1. The van der Waals surface area contributed by atoms with Crippen LogP contribution in [0.3, 0.4) is 0 Å². The molecule has 0 amide bonds. The summed E-state index contributed by atoms with van der Waals surface area (Å²) in [6.45, 7) is 7.50. The van der Waals surface area contributed by atoms with Crippen molar-refractivity contribution in [3.05, 3.63) is 39.4 Å². The van der Waals surface area contributed by atoms with E-state index in [1.165, 1.54) is 11.1 Å². The highest BCUT2D eigenvalue weighted by Crippen LogP contribution is 2.46. The molecule has 0 heterocycles. The standard InChI is InChI=1S/C16H24N2O2/c1-4-8-17-16-10-15(13(16)5-2)14-9-12(18(19)20)7-6-11(14)3/h6-7,9,13,15-17H,4-5,8,10H2,1-3H3. The van der Waals surface area contributed by atoms with Crippen molar-refractivity contribution in [1.29, 1.82) is 0 Å². The minimum Gasteiger partial charge on any atom is -0.314 e. The van der Waals surface area contributed by atoms with Gasteiger partial charge in [-0.05, 0) is 49.3 Å². The van der Waals surface area contributed by atoms with Crippen molar-refractivity contribution in [3.8, 4) is 0 Å². The first-order chi connectivity index (χ1) is 9.58. The van der Waals surface area contributed by atoms with Crippen molar-refractivity contribution in [2.75, 3.05) is 6.54 Å². The van der Waals surface area contributed by atoms with Gasteiger partial charge in [0.25, 0.3) is 5.69 Å². The monoisotopic (exact) mass is 276 g/mol. The lowest BCUT2D eigenvalue weighted by Gasteiger charge is -2.46. The van der Waals surface area contributed by atoms with Gasteiger partial charge in [0.05, 0.1) is 4.92 Å². The van der Waals surface area contributed by atoms with Gasteiger partial charge in [0.1, 0.15) is 0 Å². The second-order valence-corrected chi connectivity index (χ2v) is 5.77. The van der Waals surface area contributed by atoms with Crippen molar-refractivity contribution >= 4 is 5.69 Å². The Morgan fingerprint density at radius 2 is 2.15 bits per heavy atom. The van der Waals surface area contributed by atoms with Crippen LogP contribution in [-0.2, 0) is 0 Å². The Hall–Kier alpha value is -1.42. The number of non-ortho nitro benzene ring substituents is 1. The lowest BCUT2D eigenvalue weighted by Crippen LogP contribution is -2.49. The molecule has 0 aliphatic heterocycles. The van der Waals surface area contributed by atoms with E-state index in [4.69, 9.17) is 0 Å². The largest absolute Gasteiger partial charge is 0.314 e. The number of nitrogens with one attached hydrogen (secondary N) is 1. The van der Waals surface area contributed by atoms with E-state index < -0.39 is 0 Å². The summed E-state index contributed by atoms with van der Waals surface area (Å²) in [5.74, 6) is 1.07. The maximum atomic E-state index is 10.9. The van der Waals surface area contributed by atoms with Crippen LogP contribution in [0, 0.1) is 23.0 Å². The van der Waals surface area contributed by atoms with Gasteiger partial charge in [-0.15, -0.1) is 0 Å². The van der Waals surface area contributed by atoms with E-state index in [0.29, 0.717) is 17.9 Å². The molecule has 1 aliphatic carbocycles. The van der Waals surface area contributed by atoms with Crippen molar-refractivity contribution in [3.63, 3.8) is 0 Å². The van der Waals surface area contributed by atoms with E-state index >= 15 is 0 Å². The Morgan fingerprint density at radius 1 is 1.40 bits per heavy atom. The highest BCUT2D eigenvalue weighted by atomic mass is 16.6. The molecule has 0 saturated heterocycles. The molecule has 0 spiro atoms. The van der Waals surface area contributed by atoms with Gasteiger partial charge in [0.2, 0.25) is 0 Å². The lowest BCUT2D eigenvalue weighted by molar-refractivity contribution is -0.385. The summed E-state index contributed by atoms with van der Waals surface area (Å²) < 4.78 is 0. The molecule has 0 bridgehead atoms. The fourth-order valence-corrected chi connectivity index (χ4v) is 3.34. The Bertz CT molecular complexity index is 487. The summed E-state index contributed by atoms with van der Waals surface area (Å²) >= 11 is 0. The average Bonchev–Trinajstić information content (AvgIpc) is 2.39. The summed E-state index contributed by atoms with van der Waals surface area (Å²) in [4.78, 5) is 10.6. The van der Waals surface area contributed by atoms with Crippen molar-refractivity contribution in [2.24, 2.45) is 5.92 Å². The molecular weight excluding hydrogens is 252 g/mol. The molecule has 0 aromatic heterocycles. The molecule has 2 rings (SSSR count). The highest BCUT2D eigenvalue weighted by Gasteiger charge is 2.40. The van der Waals surface area contributed by atoms with E-state index in [0.717, 1.165) is 25.8 Å². The van der Waals surface area contributed by atoms with E-state index in [2.05, 4.69) is 26.1 Å². The molecule has 1 aromatic carbocycles.